The number of hydrogen-bond acceptors (Lipinski definition) is 8. The Morgan fingerprint density at radius 3 is 2.37 bits per heavy atom. The molecule has 2 aliphatic rings. The first kappa shape index (κ1) is 36.0. The second kappa shape index (κ2) is 13.7. The number of nitrogens with one attached hydrogen (secondary N) is 1. The number of ether oxygens (including phenoxy) is 1. The van der Waals surface area contributed by atoms with Gasteiger partial charge in [-0.05, 0) is 79.0 Å². The molecule has 1 saturated heterocycles. The van der Waals surface area contributed by atoms with E-state index in [4.69, 9.17) is 9.72 Å². The summed E-state index contributed by atoms with van der Waals surface area (Å²) in [6, 6.07) is 18.3. The summed E-state index contributed by atoms with van der Waals surface area (Å²) in [4.78, 5) is 45.3. The van der Waals surface area contributed by atoms with E-state index < -0.39 is 22.0 Å². The summed E-state index contributed by atoms with van der Waals surface area (Å²) in [6.45, 7) is 15.9. The number of carbonyl (C=O) groups excluding carboxylic acids is 2. The summed E-state index contributed by atoms with van der Waals surface area (Å²) in [5.74, 6) is -0.509. The van der Waals surface area contributed by atoms with E-state index >= 15 is 0 Å². The van der Waals surface area contributed by atoms with Crippen LogP contribution in [-0.2, 0) is 16.6 Å². The molecule has 4 heterocycles. The van der Waals surface area contributed by atoms with Crippen molar-refractivity contribution in [2.75, 3.05) is 24.4 Å². The monoisotopic (exact) mass is 710 g/mol. The van der Waals surface area contributed by atoms with E-state index in [1.54, 1.807) is 41.3 Å². The predicted octanol–water partition coefficient (Wildman–Crippen LogP) is 6.67. The van der Waals surface area contributed by atoms with Crippen LogP contribution >= 0.6 is 0 Å². The Labute approximate surface area is 300 Å². The Hall–Kier alpha value is -4.84. The molecule has 2 amide bonds. The number of pyridine rings is 1. The number of fused-ring (bicyclic) bond motifs is 4. The third-order valence-electron chi connectivity index (χ3n) is 9.35. The fourth-order valence-corrected chi connectivity index (χ4v) is 7.84. The Kier molecular flexibility index (Phi) is 9.67. The minimum Gasteiger partial charge on any atom is -0.475 e. The average molecular weight is 711 g/mol. The van der Waals surface area contributed by atoms with Crippen LogP contribution in [0.2, 0.25) is 0 Å². The lowest BCUT2D eigenvalue weighted by molar-refractivity contribution is 0.0509. The largest absolute Gasteiger partial charge is 0.475 e. The Morgan fingerprint density at radius 2 is 1.69 bits per heavy atom. The van der Waals surface area contributed by atoms with Gasteiger partial charge < -0.3 is 14.5 Å². The standard InChI is InChI=1S/C39H46N6O5S/c1-25-11-8-12-26(2)34(25)32-20-33-42-37(41-32)43-51(48,49)30-15-9-13-27(19-30)35(46)45(29(23-50-33)21-38(3,4)5)22-28-14-10-16-31(40-28)36(47)44-18-17-39(6,7)24-44/h8-16,19-20,29H,17-18,21-24H2,1-7H3,(H,41,42,43)/t29-/m1/s1. The van der Waals surface area contributed by atoms with Crippen LogP contribution < -0.4 is 9.46 Å². The normalized spacial score (nSPS) is 18.6. The second-order valence-corrected chi connectivity index (χ2v) is 17.3. The van der Waals surface area contributed by atoms with Crippen molar-refractivity contribution in [3.63, 3.8) is 0 Å². The summed E-state index contributed by atoms with van der Waals surface area (Å²) in [5, 5.41) is 0. The third kappa shape index (κ3) is 8.22. The number of carbonyl (C=O) groups is 2. The van der Waals surface area contributed by atoms with Crippen molar-refractivity contribution in [2.45, 2.75) is 78.8 Å². The predicted molar refractivity (Wildman–Crippen MR) is 196 cm³/mol. The van der Waals surface area contributed by atoms with Gasteiger partial charge >= 0.3 is 0 Å². The van der Waals surface area contributed by atoms with E-state index in [2.05, 4.69) is 49.3 Å². The molecule has 0 radical (unpaired) electrons. The number of sulfonamides is 1. The Morgan fingerprint density at radius 1 is 0.980 bits per heavy atom. The maximum atomic E-state index is 14.5. The highest BCUT2D eigenvalue weighted by atomic mass is 32.2. The van der Waals surface area contributed by atoms with Gasteiger partial charge in [-0.2, -0.15) is 4.98 Å². The number of likely N-dealkylation sites (tertiary alicyclic amines) is 1. The van der Waals surface area contributed by atoms with E-state index in [-0.39, 0.29) is 52.2 Å². The minimum absolute atomic E-state index is 0.0413. The van der Waals surface area contributed by atoms with Crippen LogP contribution in [0.5, 0.6) is 5.88 Å². The fraction of sp³-hybridized carbons (Fsp3) is 0.410. The molecule has 2 aliphatic heterocycles. The van der Waals surface area contributed by atoms with E-state index in [1.165, 1.54) is 12.1 Å². The van der Waals surface area contributed by atoms with Gasteiger partial charge in [0.1, 0.15) is 12.3 Å². The van der Waals surface area contributed by atoms with Gasteiger partial charge in [-0.15, -0.1) is 0 Å². The second-order valence-electron chi connectivity index (χ2n) is 15.6. The van der Waals surface area contributed by atoms with Crippen LogP contribution in [-0.4, -0.2) is 70.7 Å². The van der Waals surface area contributed by atoms with Gasteiger partial charge in [-0.1, -0.05) is 65.0 Å². The quantitative estimate of drug-likeness (QED) is 0.243. The summed E-state index contributed by atoms with van der Waals surface area (Å²) < 4.78 is 36.4. The van der Waals surface area contributed by atoms with Crippen molar-refractivity contribution >= 4 is 27.8 Å². The third-order valence-corrected chi connectivity index (χ3v) is 10.7. The van der Waals surface area contributed by atoms with Gasteiger partial charge in [0, 0.05) is 30.3 Å². The topological polar surface area (TPSA) is 135 Å². The van der Waals surface area contributed by atoms with Crippen LogP contribution in [0.3, 0.4) is 0 Å². The molecule has 6 rings (SSSR count). The molecule has 1 fully saturated rings. The molecule has 268 valence electrons. The SMILES string of the molecule is Cc1cccc(C)c1-c1cc2nc(n1)NS(=O)(=O)c1cccc(c1)C(=O)N(Cc1cccc(C(=O)N3CCC(C)(C)C3)n1)[C@H](CC(C)(C)C)CO2. The first-order valence-electron chi connectivity index (χ1n) is 17.3. The molecular weight excluding hydrogens is 665 g/mol. The highest BCUT2D eigenvalue weighted by molar-refractivity contribution is 7.92. The highest BCUT2D eigenvalue weighted by Gasteiger charge is 2.34. The van der Waals surface area contributed by atoms with Crippen LogP contribution in [0, 0.1) is 24.7 Å². The van der Waals surface area contributed by atoms with Crippen molar-refractivity contribution in [2.24, 2.45) is 10.8 Å². The number of benzene rings is 2. The lowest BCUT2D eigenvalue weighted by Gasteiger charge is -2.35. The number of rotatable bonds is 5. The number of anilines is 1. The van der Waals surface area contributed by atoms with E-state index in [0.29, 0.717) is 36.6 Å². The lowest BCUT2D eigenvalue weighted by Crippen LogP contribution is -2.45. The van der Waals surface area contributed by atoms with Gasteiger partial charge in [-0.25, -0.2) is 23.1 Å². The molecule has 0 spiro atoms. The highest BCUT2D eigenvalue weighted by Crippen LogP contribution is 2.32. The van der Waals surface area contributed by atoms with Gasteiger partial charge in [0.2, 0.25) is 11.8 Å². The number of aryl methyl sites for hydroxylation is 2. The molecule has 1 N–H and O–H groups in total. The number of aromatic nitrogens is 3. The summed E-state index contributed by atoms with van der Waals surface area (Å²) in [5.41, 5.74) is 4.11. The Balaban J connectivity index is 1.44. The van der Waals surface area contributed by atoms with Crippen molar-refractivity contribution in [1.29, 1.82) is 0 Å². The summed E-state index contributed by atoms with van der Waals surface area (Å²) >= 11 is 0. The van der Waals surface area contributed by atoms with Gasteiger partial charge in [0.05, 0.1) is 28.9 Å². The van der Waals surface area contributed by atoms with E-state index in [9.17, 15) is 18.0 Å². The molecule has 51 heavy (non-hydrogen) atoms. The molecule has 2 aromatic heterocycles. The molecule has 12 heteroatoms. The zero-order chi connectivity index (χ0) is 36.7. The van der Waals surface area contributed by atoms with Gasteiger partial charge in [0.15, 0.2) is 0 Å². The molecular formula is C39H46N6O5S. The molecule has 0 aliphatic carbocycles. The van der Waals surface area contributed by atoms with Crippen molar-refractivity contribution in [1.82, 2.24) is 24.8 Å². The van der Waals surface area contributed by atoms with Crippen molar-refractivity contribution < 1.29 is 22.7 Å². The van der Waals surface area contributed by atoms with Crippen LogP contribution in [0.4, 0.5) is 5.95 Å². The number of amides is 2. The van der Waals surface area contributed by atoms with Crippen molar-refractivity contribution in [3.8, 4) is 17.1 Å². The summed E-state index contributed by atoms with van der Waals surface area (Å²) in [6.07, 6.45) is 1.46. The maximum Gasteiger partial charge on any atom is 0.272 e. The Bertz CT molecular complexity index is 2070. The molecule has 0 saturated carbocycles. The number of nitrogens with zero attached hydrogens (tertiary/aromatic N) is 5. The van der Waals surface area contributed by atoms with Gasteiger partial charge in [0.25, 0.3) is 21.8 Å². The summed E-state index contributed by atoms with van der Waals surface area (Å²) in [7, 11) is -4.21. The zero-order valence-electron chi connectivity index (χ0n) is 30.4. The van der Waals surface area contributed by atoms with E-state index in [0.717, 1.165) is 23.1 Å². The molecule has 1 atom stereocenters. The van der Waals surface area contributed by atoms with Crippen LogP contribution in [0.15, 0.2) is 71.6 Å². The first-order chi connectivity index (χ1) is 24.0. The smallest absolute Gasteiger partial charge is 0.272 e. The molecule has 2 aromatic carbocycles. The number of hydrogen-bond donors (Lipinski definition) is 1. The molecule has 0 unspecified atom stereocenters. The van der Waals surface area contributed by atoms with E-state index in [1.807, 2.05) is 36.9 Å². The minimum atomic E-state index is -4.21. The van der Waals surface area contributed by atoms with Gasteiger partial charge in [-0.3, -0.25) is 9.59 Å². The lowest BCUT2D eigenvalue weighted by atomic mass is 9.87. The molecule has 4 bridgehead atoms. The molecule has 11 nitrogen and oxygen atoms in total. The van der Waals surface area contributed by atoms with Crippen LogP contribution in [0.25, 0.3) is 11.3 Å². The van der Waals surface area contributed by atoms with Crippen LogP contribution in [0.1, 0.15) is 85.1 Å². The molecule has 4 aromatic rings. The maximum absolute atomic E-state index is 14.5. The zero-order valence-corrected chi connectivity index (χ0v) is 31.2. The fourth-order valence-electron chi connectivity index (χ4n) is 6.86. The first-order valence-corrected chi connectivity index (χ1v) is 18.7. The average Bonchev–Trinajstić information content (AvgIpc) is 3.43. The van der Waals surface area contributed by atoms with Crippen molar-refractivity contribution in [3.05, 3.63) is 94.8 Å².